The van der Waals surface area contributed by atoms with E-state index in [-0.39, 0.29) is 5.56 Å². The standard InChI is InChI=1S/C13H19F3N2/c1-10(2)8-17-6-3-4-11-9-18-7-5-12(11)13(14,15)16/h5,7,9-10,17H,3-4,6,8H2,1-2H3. The number of nitrogens with zero attached hydrogens (tertiary/aromatic N) is 1. The van der Waals surface area contributed by atoms with Gasteiger partial charge in [0.05, 0.1) is 5.56 Å². The molecule has 5 heteroatoms. The van der Waals surface area contributed by atoms with E-state index in [1.54, 1.807) is 0 Å². The van der Waals surface area contributed by atoms with E-state index in [4.69, 9.17) is 0 Å². The first-order chi connectivity index (χ1) is 8.41. The van der Waals surface area contributed by atoms with Gasteiger partial charge in [-0.25, -0.2) is 0 Å². The van der Waals surface area contributed by atoms with E-state index in [0.717, 1.165) is 19.2 Å². The fourth-order valence-electron chi connectivity index (χ4n) is 1.70. The second-order valence-corrected chi connectivity index (χ2v) is 4.73. The van der Waals surface area contributed by atoms with Crippen LogP contribution in [0, 0.1) is 5.92 Å². The Hall–Kier alpha value is -1.10. The molecule has 102 valence electrons. The number of alkyl halides is 3. The van der Waals surface area contributed by atoms with Crippen molar-refractivity contribution < 1.29 is 13.2 Å². The van der Waals surface area contributed by atoms with Crippen molar-refractivity contribution in [1.82, 2.24) is 10.3 Å². The number of aromatic nitrogens is 1. The van der Waals surface area contributed by atoms with E-state index in [0.29, 0.717) is 18.8 Å². The van der Waals surface area contributed by atoms with E-state index in [1.165, 1.54) is 12.4 Å². The monoisotopic (exact) mass is 260 g/mol. The van der Waals surface area contributed by atoms with Crippen molar-refractivity contribution in [1.29, 1.82) is 0 Å². The number of rotatable bonds is 6. The zero-order valence-electron chi connectivity index (χ0n) is 10.7. The molecule has 0 spiro atoms. The van der Waals surface area contributed by atoms with Crippen molar-refractivity contribution in [3.63, 3.8) is 0 Å². The van der Waals surface area contributed by atoms with Gasteiger partial charge in [0.25, 0.3) is 0 Å². The highest BCUT2D eigenvalue weighted by atomic mass is 19.4. The summed E-state index contributed by atoms with van der Waals surface area (Å²) in [6, 6.07) is 1.04. The Morgan fingerprint density at radius 2 is 2.06 bits per heavy atom. The first-order valence-corrected chi connectivity index (χ1v) is 6.12. The van der Waals surface area contributed by atoms with Crippen LogP contribution in [-0.2, 0) is 12.6 Å². The van der Waals surface area contributed by atoms with Gasteiger partial charge in [0.15, 0.2) is 0 Å². The van der Waals surface area contributed by atoms with Crippen molar-refractivity contribution in [2.45, 2.75) is 32.9 Å². The van der Waals surface area contributed by atoms with Crippen LogP contribution in [0.15, 0.2) is 18.5 Å². The lowest BCUT2D eigenvalue weighted by Gasteiger charge is -2.12. The first kappa shape index (κ1) is 15.0. The van der Waals surface area contributed by atoms with E-state index in [9.17, 15) is 13.2 Å². The third-order valence-electron chi connectivity index (χ3n) is 2.56. The van der Waals surface area contributed by atoms with Gasteiger partial charge in [0, 0.05) is 12.4 Å². The number of halogens is 3. The van der Waals surface area contributed by atoms with Gasteiger partial charge in [-0.2, -0.15) is 13.2 Å². The topological polar surface area (TPSA) is 24.9 Å². The highest BCUT2D eigenvalue weighted by Crippen LogP contribution is 2.31. The minimum atomic E-state index is -4.29. The summed E-state index contributed by atoms with van der Waals surface area (Å²) in [6.45, 7) is 5.80. The maximum absolute atomic E-state index is 12.7. The van der Waals surface area contributed by atoms with Crippen LogP contribution < -0.4 is 5.32 Å². The number of hydrogen-bond donors (Lipinski definition) is 1. The van der Waals surface area contributed by atoms with Crippen LogP contribution in [0.5, 0.6) is 0 Å². The molecule has 0 saturated heterocycles. The molecule has 0 aliphatic heterocycles. The molecule has 18 heavy (non-hydrogen) atoms. The number of nitrogens with one attached hydrogen (secondary N) is 1. The molecule has 0 saturated carbocycles. The molecule has 0 radical (unpaired) electrons. The molecular formula is C13H19F3N2. The summed E-state index contributed by atoms with van der Waals surface area (Å²) in [6.07, 6.45) is -0.715. The number of hydrogen-bond acceptors (Lipinski definition) is 2. The lowest BCUT2D eigenvalue weighted by molar-refractivity contribution is -0.138. The third kappa shape index (κ3) is 5.04. The molecule has 0 aliphatic carbocycles. The molecule has 0 aromatic carbocycles. The van der Waals surface area contributed by atoms with Gasteiger partial charge in [-0.05, 0) is 43.5 Å². The fraction of sp³-hybridized carbons (Fsp3) is 0.615. The van der Waals surface area contributed by atoms with Crippen molar-refractivity contribution in [3.8, 4) is 0 Å². The zero-order chi connectivity index (χ0) is 13.6. The summed E-state index contributed by atoms with van der Waals surface area (Å²) in [4.78, 5) is 3.77. The van der Waals surface area contributed by atoms with Gasteiger partial charge in [0.2, 0.25) is 0 Å². The highest BCUT2D eigenvalue weighted by Gasteiger charge is 2.32. The largest absolute Gasteiger partial charge is 0.416 e. The third-order valence-corrected chi connectivity index (χ3v) is 2.56. The van der Waals surface area contributed by atoms with Gasteiger partial charge >= 0.3 is 6.18 Å². The van der Waals surface area contributed by atoms with Crippen LogP contribution in [0.25, 0.3) is 0 Å². The van der Waals surface area contributed by atoms with Crippen LogP contribution in [0.3, 0.4) is 0 Å². The average Bonchev–Trinajstić information content (AvgIpc) is 2.27. The fourth-order valence-corrected chi connectivity index (χ4v) is 1.70. The van der Waals surface area contributed by atoms with Crippen molar-refractivity contribution in [2.75, 3.05) is 13.1 Å². The van der Waals surface area contributed by atoms with Gasteiger partial charge in [-0.3, -0.25) is 4.98 Å². The Morgan fingerprint density at radius 3 is 2.67 bits per heavy atom. The molecule has 2 nitrogen and oxygen atoms in total. The predicted molar refractivity (Wildman–Crippen MR) is 65.3 cm³/mol. The predicted octanol–water partition coefficient (Wildman–Crippen LogP) is 3.28. The Morgan fingerprint density at radius 1 is 1.33 bits per heavy atom. The summed E-state index contributed by atoms with van der Waals surface area (Å²) in [7, 11) is 0. The Kier molecular flexibility index (Phi) is 5.59. The molecule has 0 bridgehead atoms. The van der Waals surface area contributed by atoms with Crippen LogP contribution in [0.2, 0.25) is 0 Å². The lowest BCUT2D eigenvalue weighted by Crippen LogP contribution is -2.21. The van der Waals surface area contributed by atoms with Gasteiger partial charge < -0.3 is 5.32 Å². The summed E-state index contributed by atoms with van der Waals surface area (Å²) < 4.78 is 38.1. The van der Waals surface area contributed by atoms with E-state index in [2.05, 4.69) is 24.1 Å². The molecule has 1 N–H and O–H groups in total. The van der Waals surface area contributed by atoms with Crippen LogP contribution in [-0.4, -0.2) is 18.1 Å². The van der Waals surface area contributed by atoms with E-state index >= 15 is 0 Å². The maximum Gasteiger partial charge on any atom is 0.416 e. The summed E-state index contributed by atoms with van der Waals surface area (Å²) in [5, 5.41) is 3.21. The normalized spacial score (nSPS) is 12.1. The Labute approximate surface area is 106 Å². The molecule has 0 fully saturated rings. The molecule has 0 unspecified atom stereocenters. The summed E-state index contributed by atoms with van der Waals surface area (Å²) in [5.74, 6) is 0.550. The maximum atomic E-state index is 12.7. The molecule has 1 rings (SSSR count). The Bertz CT molecular complexity index is 361. The molecular weight excluding hydrogens is 241 g/mol. The molecule has 0 aliphatic rings. The molecule has 1 aromatic heterocycles. The number of aryl methyl sites for hydroxylation is 1. The second kappa shape index (κ2) is 6.73. The van der Waals surface area contributed by atoms with E-state index in [1.807, 2.05) is 0 Å². The summed E-state index contributed by atoms with van der Waals surface area (Å²) in [5.41, 5.74) is -0.294. The smallest absolute Gasteiger partial charge is 0.316 e. The van der Waals surface area contributed by atoms with Crippen LogP contribution in [0.1, 0.15) is 31.4 Å². The highest BCUT2D eigenvalue weighted by molar-refractivity contribution is 5.26. The van der Waals surface area contributed by atoms with Crippen LogP contribution >= 0.6 is 0 Å². The molecule has 0 amide bonds. The molecule has 1 aromatic rings. The van der Waals surface area contributed by atoms with Gasteiger partial charge in [-0.15, -0.1) is 0 Å². The lowest BCUT2D eigenvalue weighted by atomic mass is 10.1. The Balaban J connectivity index is 2.47. The first-order valence-electron chi connectivity index (χ1n) is 6.12. The molecule has 1 heterocycles. The zero-order valence-corrected chi connectivity index (χ0v) is 10.7. The van der Waals surface area contributed by atoms with Gasteiger partial charge in [-0.1, -0.05) is 13.8 Å². The quantitative estimate of drug-likeness (QED) is 0.794. The summed E-state index contributed by atoms with van der Waals surface area (Å²) >= 11 is 0. The van der Waals surface area contributed by atoms with Crippen molar-refractivity contribution >= 4 is 0 Å². The van der Waals surface area contributed by atoms with Crippen molar-refractivity contribution in [2.24, 2.45) is 5.92 Å². The number of pyridine rings is 1. The average molecular weight is 260 g/mol. The second-order valence-electron chi connectivity index (χ2n) is 4.73. The minimum Gasteiger partial charge on any atom is -0.316 e. The molecule has 0 atom stereocenters. The van der Waals surface area contributed by atoms with Gasteiger partial charge in [0.1, 0.15) is 0 Å². The van der Waals surface area contributed by atoms with Crippen LogP contribution in [0.4, 0.5) is 13.2 Å². The minimum absolute atomic E-state index is 0.274. The van der Waals surface area contributed by atoms with Crippen molar-refractivity contribution in [3.05, 3.63) is 29.6 Å². The SMILES string of the molecule is CC(C)CNCCCc1cnccc1C(F)(F)F. The van der Waals surface area contributed by atoms with E-state index < -0.39 is 11.7 Å².